The minimum Gasteiger partial charge on any atom is -0.224 e. The number of rotatable bonds is 2. The van der Waals surface area contributed by atoms with Crippen molar-refractivity contribution in [2.75, 3.05) is 0 Å². The Kier molecular flexibility index (Phi) is 8.31. The van der Waals surface area contributed by atoms with E-state index in [0.29, 0.717) is 0 Å². The summed E-state index contributed by atoms with van der Waals surface area (Å²) in [6.07, 6.45) is 0. The molecule has 0 heterocycles. The summed E-state index contributed by atoms with van der Waals surface area (Å²) < 4.78 is 37.7. The van der Waals surface area contributed by atoms with Crippen LogP contribution < -0.4 is 0 Å². The quantitative estimate of drug-likeness (QED) is 0.517. The fraction of sp³-hybridized carbons (Fsp3) is 0. The Labute approximate surface area is 60.4 Å². The van der Waals surface area contributed by atoms with E-state index in [1.54, 1.807) is 0 Å². The molecule has 0 aromatic heterocycles. The molecule has 0 saturated carbocycles. The van der Waals surface area contributed by atoms with Gasteiger partial charge in [0.15, 0.2) is 0 Å². The summed E-state index contributed by atoms with van der Waals surface area (Å²) in [5.41, 5.74) is 0. The molecule has 0 aromatic rings. The zero-order valence-corrected chi connectivity index (χ0v) is 7.10. The second-order valence-electron chi connectivity index (χ2n) is 0.529. The van der Waals surface area contributed by atoms with Gasteiger partial charge in [0.2, 0.25) is 0 Å². The first-order chi connectivity index (χ1) is 3.13. The molecule has 47 valence electrons. The SMILES string of the molecule is O=P(=O)SP(=O)=O.[Mn]. The third-order valence-corrected chi connectivity index (χ3v) is 3.60. The Morgan fingerprint density at radius 3 is 1.12 bits per heavy atom. The van der Waals surface area contributed by atoms with Crippen LogP contribution in [0.4, 0.5) is 0 Å². The molecule has 4 nitrogen and oxygen atoms in total. The Morgan fingerprint density at radius 1 is 0.875 bits per heavy atom. The summed E-state index contributed by atoms with van der Waals surface area (Å²) in [4.78, 5) is 0. The van der Waals surface area contributed by atoms with Crippen LogP contribution in [-0.4, -0.2) is 0 Å². The minimum absolute atomic E-state index is 0. The van der Waals surface area contributed by atoms with Gasteiger partial charge in [0, 0.05) is 17.1 Å². The van der Waals surface area contributed by atoms with Crippen molar-refractivity contribution >= 4 is 24.8 Å². The molecular weight excluding hydrogens is 213 g/mol. The largest absolute Gasteiger partial charge is 0.392 e. The van der Waals surface area contributed by atoms with Crippen LogP contribution >= 0.6 is 24.8 Å². The third kappa shape index (κ3) is 9.83. The van der Waals surface area contributed by atoms with Crippen molar-refractivity contribution in [1.29, 1.82) is 0 Å². The predicted octanol–water partition coefficient (Wildman–Crippen LogP) is 1.89. The van der Waals surface area contributed by atoms with Crippen molar-refractivity contribution in [3.63, 3.8) is 0 Å². The van der Waals surface area contributed by atoms with E-state index >= 15 is 0 Å². The van der Waals surface area contributed by atoms with Crippen LogP contribution in [0.25, 0.3) is 0 Å². The van der Waals surface area contributed by atoms with Gasteiger partial charge in [-0.1, -0.05) is 0 Å². The van der Waals surface area contributed by atoms with Gasteiger partial charge in [0.25, 0.3) is 0 Å². The molecule has 0 rings (SSSR count). The van der Waals surface area contributed by atoms with Crippen LogP contribution in [0.5, 0.6) is 0 Å². The predicted molar refractivity (Wildman–Crippen MR) is 24.2 cm³/mol. The molecule has 0 fully saturated rings. The number of hydrogen-bond acceptors (Lipinski definition) is 5. The van der Waals surface area contributed by atoms with Gasteiger partial charge in [-0.05, 0) is 0 Å². The second-order valence-corrected chi connectivity index (χ2v) is 5.34. The molecular formula is MnO4P2S. The third-order valence-electron chi connectivity index (χ3n) is 0.133. The van der Waals surface area contributed by atoms with Crippen LogP contribution in [0.2, 0.25) is 0 Å². The van der Waals surface area contributed by atoms with Crippen LogP contribution in [0, 0.1) is 0 Å². The molecule has 0 unspecified atom stereocenters. The maximum absolute atomic E-state index is 9.43. The fourth-order valence-electron chi connectivity index (χ4n) is 0.0544. The number of hydrogen-bond donors (Lipinski definition) is 0. The normalized spacial score (nSPS) is 7.00. The summed E-state index contributed by atoms with van der Waals surface area (Å²) in [6.45, 7) is -5.64. The van der Waals surface area contributed by atoms with E-state index in [-0.39, 0.29) is 28.1 Å². The maximum atomic E-state index is 9.43. The molecule has 0 atom stereocenters. The summed E-state index contributed by atoms with van der Waals surface area (Å²) in [5, 5.41) is 0. The average molecular weight is 213 g/mol. The molecule has 0 N–H and O–H groups in total. The topological polar surface area (TPSA) is 68.3 Å². The minimum atomic E-state index is -2.82. The second kappa shape index (κ2) is 5.80. The summed E-state index contributed by atoms with van der Waals surface area (Å²) in [5.74, 6) is 0. The van der Waals surface area contributed by atoms with Crippen molar-refractivity contribution in [3.8, 4) is 0 Å². The zero-order chi connectivity index (χ0) is 5.86. The van der Waals surface area contributed by atoms with Gasteiger partial charge in [-0.25, -0.2) is 18.3 Å². The molecule has 0 saturated heterocycles. The van der Waals surface area contributed by atoms with E-state index < -0.39 is 13.8 Å². The summed E-state index contributed by atoms with van der Waals surface area (Å²) in [7, 11) is 0. The molecule has 0 aliphatic rings. The van der Waals surface area contributed by atoms with Crippen LogP contribution in [-0.2, 0) is 35.3 Å². The van der Waals surface area contributed by atoms with Gasteiger partial charge < -0.3 is 0 Å². The molecule has 8 heavy (non-hydrogen) atoms. The fourth-order valence-corrected chi connectivity index (χ4v) is 1.47. The first kappa shape index (κ1) is 11.5. The van der Waals surface area contributed by atoms with Gasteiger partial charge >= 0.3 is 13.8 Å². The van der Waals surface area contributed by atoms with Crippen LogP contribution in [0.15, 0.2) is 0 Å². The van der Waals surface area contributed by atoms with Gasteiger partial charge in [0.1, 0.15) is 11.0 Å². The van der Waals surface area contributed by atoms with Gasteiger partial charge in [0.05, 0.1) is 0 Å². The molecule has 0 aliphatic heterocycles. The molecule has 8 heteroatoms. The first-order valence-electron chi connectivity index (χ1n) is 1.10. The summed E-state index contributed by atoms with van der Waals surface area (Å²) >= 11 is -0.0833. The van der Waals surface area contributed by atoms with Gasteiger partial charge in [-0.2, -0.15) is 0 Å². The molecule has 1 radical (unpaired) electrons. The van der Waals surface area contributed by atoms with E-state index in [4.69, 9.17) is 0 Å². The van der Waals surface area contributed by atoms with Gasteiger partial charge in [-0.15, -0.1) is 0 Å². The van der Waals surface area contributed by atoms with Crippen LogP contribution in [0.3, 0.4) is 0 Å². The molecule has 0 aromatic carbocycles. The smallest absolute Gasteiger partial charge is 0.224 e. The Hall–Kier alpha value is 0.669. The maximum Gasteiger partial charge on any atom is 0.392 e. The van der Waals surface area contributed by atoms with E-state index in [2.05, 4.69) is 0 Å². The van der Waals surface area contributed by atoms with Gasteiger partial charge in [-0.3, -0.25) is 0 Å². The Morgan fingerprint density at radius 2 is 1.12 bits per heavy atom. The van der Waals surface area contributed by atoms with E-state index in [1.165, 1.54) is 0 Å². The Bertz CT molecular complexity index is 142. The van der Waals surface area contributed by atoms with Crippen LogP contribution in [0.1, 0.15) is 0 Å². The van der Waals surface area contributed by atoms with Crippen molar-refractivity contribution in [3.05, 3.63) is 0 Å². The van der Waals surface area contributed by atoms with Crippen molar-refractivity contribution in [1.82, 2.24) is 0 Å². The standard InChI is InChI=1S/Mn.O4P2S/c;1-5(2)7-6(3)4. The van der Waals surface area contributed by atoms with E-state index in [0.717, 1.165) is 0 Å². The molecule has 0 amide bonds. The van der Waals surface area contributed by atoms with Crippen molar-refractivity contribution < 1.29 is 35.3 Å². The first-order valence-corrected chi connectivity index (χ1v) is 5.48. The monoisotopic (exact) mass is 213 g/mol. The molecule has 0 bridgehead atoms. The van der Waals surface area contributed by atoms with Crippen molar-refractivity contribution in [2.45, 2.75) is 0 Å². The van der Waals surface area contributed by atoms with E-state index in [9.17, 15) is 18.3 Å². The molecule has 0 spiro atoms. The van der Waals surface area contributed by atoms with E-state index in [1.807, 2.05) is 0 Å². The molecule has 0 aliphatic carbocycles. The zero-order valence-electron chi connectivity index (χ0n) is 3.31. The average Bonchev–Trinajstić information content (AvgIpc) is 1.27. The van der Waals surface area contributed by atoms with Crippen molar-refractivity contribution in [2.24, 2.45) is 0 Å². The summed E-state index contributed by atoms with van der Waals surface area (Å²) in [6, 6.07) is 0. The Balaban J connectivity index is 0.